The van der Waals surface area contributed by atoms with E-state index in [0.717, 1.165) is 47.9 Å². The van der Waals surface area contributed by atoms with Crippen molar-refractivity contribution in [2.45, 2.75) is 19.3 Å². The summed E-state index contributed by atoms with van der Waals surface area (Å²) in [6.07, 6.45) is 2.54. The van der Waals surface area contributed by atoms with Crippen molar-refractivity contribution in [1.82, 2.24) is 15.0 Å². The molecule has 1 atom stereocenters. The van der Waals surface area contributed by atoms with Crippen molar-refractivity contribution in [3.63, 3.8) is 0 Å². The quantitative estimate of drug-likeness (QED) is 0.723. The van der Waals surface area contributed by atoms with Gasteiger partial charge in [0.2, 0.25) is 0 Å². The predicted octanol–water partition coefficient (Wildman–Crippen LogP) is 2.94. The molecule has 4 rings (SSSR count). The Morgan fingerprint density at radius 1 is 1.20 bits per heavy atom. The Morgan fingerprint density at radius 3 is 2.88 bits per heavy atom. The molecule has 130 valence electrons. The Kier molecular flexibility index (Phi) is 3.91. The number of ether oxygens (including phenoxy) is 2. The molecule has 1 aliphatic rings. The average Bonchev–Trinajstić information content (AvgIpc) is 3.26. The van der Waals surface area contributed by atoms with Gasteiger partial charge in [-0.2, -0.15) is 4.98 Å². The van der Waals surface area contributed by atoms with Gasteiger partial charge in [0.15, 0.2) is 28.7 Å². The third kappa shape index (κ3) is 2.65. The third-order valence-electron chi connectivity index (χ3n) is 4.64. The van der Waals surface area contributed by atoms with E-state index in [1.54, 1.807) is 14.2 Å². The lowest BCUT2D eigenvalue weighted by molar-refractivity contribution is 0.350. The summed E-state index contributed by atoms with van der Waals surface area (Å²) in [4.78, 5) is 15.3. The fraction of sp³-hybridized carbons (Fsp3) is 0.389. The number of hydrogen-bond donors (Lipinski definition) is 0. The average molecular weight is 340 g/mol. The molecule has 7 nitrogen and oxygen atoms in total. The number of aromatic nitrogens is 3. The van der Waals surface area contributed by atoms with Crippen molar-refractivity contribution in [2.75, 3.05) is 32.2 Å². The van der Waals surface area contributed by atoms with Gasteiger partial charge < -0.3 is 18.8 Å². The van der Waals surface area contributed by atoms with Crippen LogP contribution in [0.4, 0.5) is 5.82 Å². The molecule has 3 heterocycles. The second-order valence-corrected chi connectivity index (χ2v) is 6.10. The summed E-state index contributed by atoms with van der Waals surface area (Å²) in [7, 11) is 3.34. The topological polar surface area (TPSA) is 73.5 Å². The minimum atomic E-state index is 0.336. The number of para-hydroxylation sites is 1. The maximum atomic E-state index is 5.60. The minimum absolute atomic E-state index is 0.336. The van der Waals surface area contributed by atoms with E-state index in [9.17, 15) is 0 Å². The van der Waals surface area contributed by atoms with Gasteiger partial charge in [-0.15, -0.1) is 0 Å². The maximum Gasteiger partial charge on any atom is 0.252 e. The molecule has 0 unspecified atom stereocenters. The van der Waals surface area contributed by atoms with Crippen LogP contribution in [0.2, 0.25) is 0 Å². The van der Waals surface area contributed by atoms with E-state index in [4.69, 9.17) is 13.9 Å². The fourth-order valence-corrected chi connectivity index (χ4v) is 3.52. The van der Waals surface area contributed by atoms with E-state index in [1.807, 2.05) is 19.1 Å². The van der Waals surface area contributed by atoms with E-state index in [1.165, 1.54) is 6.33 Å². The van der Waals surface area contributed by atoms with Crippen LogP contribution in [0.25, 0.3) is 11.2 Å². The summed E-state index contributed by atoms with van der Waals surface area (Å²) in [6.45, 7) is 3.55. The van der Waals surface area contributed by atoms with Crippen LogP contribution in [0.5, 0.6) is 11.5 Å². The molecular weight excluding hydrogens is 320 g/mol. The number of hydrogen-bond acceptors (Lipinski definition) is 7. The number of rotatable bonds is 4. The fourth-order valence-electron chi connectivity index (χ4n) is 3.52. The molecule has 0 radical (unpaired) electrons. The molecule has 1 fully saturated rings. The molecule has 1 saturated heterocycles. The molecule has 2 aromatic heterocycles. The first-order valence-corrected chi connectivity index (χ1v) is 8.25. The Labute approximate surface area is 145 Å². The molecule has 0 amide bonds. The van der Waals surface area contributed by atoms with Crippen molar-refractivity contribution >= 4 is 17.0 Å². The van der Waals surface area contributed by atoms with Crippen molar-refractivity contribution < 1.29 is 13.9 Å². The summed E-state index contributed by atoms with van der Waals surface area (Å²) >= 11 is 0. The lowest BCUT2D eigenvalue weighted by atomic mass is 9.97. The van der Waals surface area contributed by atoms with Gasteiger partial charge in [0.1, 0.15) is 6.33 Å². The van der Waals surface area contributed by atoms with Gasteiger partial charge in [-0.1, -0.05) is 12.1 Å². The highest BCUT2D eigenvalue weighted by atomic mass is 16.5. The minimum Gasteiger partial charge on any atom is -0.493 e. The van der Waals surface area contributed by atoms with E-state index in [-0.39, 0.29) is 0 Å². The summed E-state index contributed by atoms with van der Waals surface area (Å²) in [6, 6.07) is 6.02. The van der Waals surface area contributed by atoms with Gasteiger partial charge in [0.05, 0.1) is 14.2 Å². The van der Waals surface area contributed by atoms with Crippen LogP contribution in [0.1, 0.15) is 23.8 Å². The van der Waals surface area contributed by atoms with Gasteiger partial charge in [-0.05, 0) is 12.5 Å². The van der Waals surface area contributed by atoms with E-state index < -0.39 is 0 Å². The van der Waals surface area contributed by atoms with Crippen LogP contribution >= 0.6 is 0 Å². The molecule has 0 aliphatic carbocycles. The van der Waals surface area contributed by atoms with E-state index in [2.05, 4.69) is 25.9 Å². The number of anilines is 1. The van der Waals surface area contributed by atoms with Crippen LogP contribution in [0.15, 0.2) is 28.9 Å². The van der Waals surface area contributed by atoms with E-state index >= 15 is 0 Å². The van der Waals surface area contributed by atoms with Crippen LogP contribution in [0.3, 0.4) is 0 Å². The monoisotopic (exact) mass is 340 g/mol. The number of oxazole rings is 1. The molecule has 0 spiro atoms. The van der Waals surface area contributed by atoms with Gasteiger partial charge in [-0.3, -0.25) is 0 Å². The summed E-state index contributed by atoms with van der Waals surface area (Å²) < 4.78 is 16.5. The first-order valence-electron chi connectivity index (χ1n) is 8.25. The molecule has 0 N–H and O–H groups in total. The van der Waals surface area contributed by atoms with Crippen LogP contribution in [0, 0.1) is 6.92 Å². The Bertz CT molecular complexity index is 908. The zero-order valence-corrected chi connectivity index (χ0v) is 14.5. The Balaban J connectivity index is 1.66. The summed E-state index contributed by atoms with van der Waals surface area (Å²) in [5.74, 6) is 3.33. The van der Waals surface area contributed by atoms with Crippen LogP contribution in [-0.2, 0) is 0 Å². The van der Waals surface area contributed by atoms with Gasteiger partial charge >= 0.3 is 0 Å². The summed E-state index contributed by atoms with van der Waals surface area (Å²) in [5, 5.41) is 0. The molecule has 7 heteroatoms. The van der Waals surface area contributed by atoms with Crippen molar-refractivity contribution in [2.24, 2.45) is 0 Å². The standard InChI is InChI=1S/C18H20N4O3/c1-11-21-15-17(19-10-20-18(15)25-11)22-8-7-12(9-22)13-5-4-6-14(23-2)16(13)24-3/h4-6,10,12H,7-9H2,1-3H3/t12-/m0/s1. The van der Waals surface area contributed by atoms with Gasteiger partial charge in [-0.25, -0.2) is 9.97 Å². The number of benzene rings is 1. The van der Waals surface area contributed by atoms with Crippen molar-refractivity contribution in [3.05, 3.63) is 36.0 Å². The number of fused-ring (bicyclic) bond motifs is 1. The van der Waals surface area contributed by atoms with Gasteiger partial charge in [0.25, 0.3) is 5.71 Å². The Hall–Kier alpha value is -2.83. The SMILES string of the molecule is COc1cccc([C@H]2CCN(c3ncnc4oc(C)nc34)C2)c1OC. The number of aryl methyl sites for hydroxylation is 1. The second-order valence-electron chi connectivity index (χ2n) is 6.10. The molecule has 0 saturated carbocycles. The van der Waals surface area contributed by atoms with Crippen LogP contribution < -0.4 is 14.4 Å². The third-order valence-corrected chi connectivity index (χ3v) is 4.64. The summed E-state index contributed by atoms with van der Waals surface area (Å²) in [5.41, 5.74) is 2.41. The number of methoxy groups -OCH3 is 2. The van der Waals surface area contributed by atoms with Gasteiger partial charge in [0, 0.05) is 31.5 Å². The lowest BCUT2D eigenvalue weighted by Gasteiger charge is -2.19. The highest BCUT2D eigenvalue weighted by Gasteiger charge is 2.30. The van der Waals surface area contributed by atoms with Crippen molar-refractivity contribution in [3.8, 4) is 11.5 Å². The molecule has 25 heavy (non-hydrogen) atoms. The molecule has 1 aliphatic heterocycles. The molecule has 0 bridgehead atoms. The molecule has 1 aromatic carbocycles. The predicted molar refractivity (Wildman–Crippen MR) is 93.5 cm³/mol. The largest absolute Gasteiger partial charge is 0.493 e. The maximum absolute atomic E-state index is 5.60. The van der Waals surface area contributed by atoms with Crippen LogP contribution in [-0.4, -0.2) is 42.3 Å². The zero-order chi connectivity index (χ0) is 17.4. The Morgan fingerprint density at radius 2 is 2.08 bits per heavy atom. The number of nitrogens with zero attached hydrogens (tertiary/aromatic N) is 4. The first kappa shape index (κ1) is 15.7. The zero-order valence-electron chi connectivity index (χ0n) is 14.5. The van der Waals surface area contributed by atoms with E-state index in [0.29, 0.717) is 17.5 Å². The second kappa shape index (κ2) is 6.23. The lowest BCUT2D eigenvalue weighted by Crippen LogP contribution is -2.21. The first-order chi connectivity index (χ1) is 12.2. The normalized spacial score (nSPS) is 17.2. The molecule has 3 aromatic rings. The highest BCUT2D eigenvalue weighted by molar-refractivity contribution is 5.81. The smallest absolute Gasteiger partial charge is 0.252 e. The van der Waals surface area contributed by atoms with Crippen molar-refractivity contribution in [1.29, 1.82) is 0 Å². The molecular formula is C18H20N4O3. The highest BCUT2D eigenvalue weighted by Crippen LogP contribution is 2.40.